The average Bonchev–Trinajstić information content (AvgIpc) is 3.56. The predicted molar refractivity (Wildman–Crippen MR) is 104 cm³/mol. The molecule has 148 valence electrons. The zero-order valence-electron chi connectivity index (χ0n) is 16.2. The van der Waals surface area contributed by atoms with Gasteiger partial charge in [-0.1, -0.05) is 24.3 Å². The summed E-state index contributed by atoms with van der Waals surface area (Å²) in [5.41, 5.74) is 2.40. The first kappa shape index (κ1) is 19.9. The Balaban J connectivity index is 1.55. The molecule has 1 aliphatic carbocycles. The lowest BCUT2D eigenvalue weighted by atomic mass is 10.1. The van der Waals surface area contributed by atoms with Gasteiger partial charge in [-0.25, -0.2) is 4.79 Å². The molecule has 0 aromatic heterocycles. The minimum absolute atomic E-state index is 0.178. The molecule has 28 heavy (non-hydrogen) atoms. The second-order valence-corrected chi connectivity index (χ2v) is 6.81. The Labute approximate surface area is 165 Å². The van der Waals surface area contributed by atoms with Crippen LogP contribution in [0.15, 0.2) is 48.5 Å². The van der Waals surface area contributed by atoms with Gasteiger partial charge in [0.2, 0.25) is 0 Å². The van der Waals surface area contributed by atoms with Gasteiger partial charge in [-0.15, -0.1) is 0 Å². The quantitative estimate of drug-likeness (QED) is 0.622. The number of amides is 1. The third-order valence-electron chi connectivity index (χ3n) is 4.65. The van der Waals surface area contributed by atoms with Gasteiger partial charge in [-0.3, -0.25) is 4.79 Å². The molecule has 0 unspecified atom stereocenters. The molecule has 2 aromatic carbocycles. The molecule has 0 N–H and O–H groups in total. The first-order chi connectivity index (χ1) is 13.6. The van der Waals surface area contributed by atoms with E-state index in [1.54, 1.807) is 31.3 Å². The number of hydrogen-bond donors (Lipinski definition) is 0. The second-order valence-electron chi connectivity index (χ2n) is 6.81. The summed E-state index contributed by atoms with van der Waals surface area (Å²) in [6.07, 6.45) is 1.97. The minimum atomic E-state index is -0.502. The fourth-order valence-electron chi connectivity index (χ4n) is 2.93. The molecular weight excluding hydrogens is 358 g/mol. The molecule has 0 saturated heterocycles. The summed E-state index contributed by atoms with van der Waals surface area (Å²) in [4.78, 5) is 26.6. The van der Waals surface area contributed by atoms with Gasteiger partial charge in [0.25, 0.3) is 5.91 Å². The summed E-state index contributed by atoms with van der Waals surface area (Å²) in [6, 6.07) is 14.8. The summed E-state index contributed by atoms with van der Waals surface area (Å²) in [6.45, 7) is 0.720. The maximum atomic E-state index is 12.6. The van der Waals surface area contributed by atoms with Crippen LogP contribution in [-0.2, 0) is 27.4 Å². The highest BCUT2D eigenvalue weighted by Gasteiger charge is 2.33. The Hall–Kier alpha value is -2.86. The van der Waals surface area contributed by atoms with Crippen LogP contribution in [0.3, 0.4) is 0 Å². The third kappa shape index (κ3) is 5.33. The van der Waals surface area contributed by atoms with E-state index < -0.39 is 5.97 Å². The fraction of sp³-hybridized carbons (Fsp3) is 0.364. The van der Waals surface area contributed by atoms with E-state index in [1.807, 2.05) is 36.4 Å². The van der Waals surface area contributed by atoms with Crippen molar-refractivity contribution < 1.29 is 23.8 Å². The van der Waals surface area contributed by atoms with E-state index in [4.69, 9.17) is 14.2 Å². The van der Waals surface area contributed by atoms with Gasteiger partial charge in [0, 0.05) is 19.7 Å². The Bertz CT molecular complexity index is 797. The number of hydrogen-bond acceptors (Lipinski definition) is 5. The molecule has 0 aliphatic heterocycles. The normalized spacial score (nSPS) is 13.1. The van der Waals surface area contributed by atoms with E-state index in [2.05, 4.69) is 0 Å². The van der Waals surface area contributed by atoms with E-state index in [0.717, 1.165) is 29.7 Å². The molecule has 1 fully saturated rings. The minimum Gasteiger partial charge on any atom is -0.497 e. The Morgan fingerprint density at radius 3 is 2.18 bits per heavy atom. The first-order valence-corrected chi connectivity index (χ1v) is 9.28. The largest absolute Gasteiger partial charge is 0.497 e. The third-order valence-corrected chi connectivity index (χ3v) is 4.65. The zero-order valence-corrected chi connectivity index (χ0v) is 16.2. The molecule has 2 aromatic rings. The van der Waals surface area contributed by atoms with Crippen molar-refractivity contribution in [2.45, 2.75) is 32.0 Å². The molecule has 0 bridgehead atoms. The van der Waals surface area contributed by atoms with Crippen LogP contribution >= 0.6 is 0 Å². The Kier molecular flexibility index (Phi) is 6.66. The first-order valence-electron chi connectivity index (χ1n) is 9.28. The molecule has 1 aliphatic rings. The van der Waals surface area contributed by atoms with Gasteiger partial charge >= 0.3 is 5.97 Å². The maximum absolute atomic E-state index is 12.6. The number of carbonyl (C=O) groups excluding carboxylic acids is 2. The molecule has 0 spiro atoms. The van der Waals surface area contributed by atoms with Gasteiger partial charge in [0.15, 0.2) is 6.61 Å². The van der Waals surface area contributed by atoms with Crippen LogP contribution in [0.2, 0.25) is 0 Å². The standard InChI is InChI=1S/C22H25NO5/c1-26-14-17-3-7-18(8-4-17)22(25)28-15-21(24)23(19-9-10-19)13-16-5-11-20(27-2)12-6-16/h3-8,11-12,19H,9-10,13-15H2,1-2H3. The highest BCUT2D eigenvalue weighted by molar-refractivity contribution is 5.91. The topological polar surface area (TPSA) is 65.1 Å². The van der Waals surface area contributed by atoms with Crippen LogP contribution in [0.1, 0.15) is 34.3 Å². The number of nitrogens with zero attached hydrogens (tertiary/aromatic N) is 1. The lowest BCUT2D eigenvalue weighted by Crippen LogP contribution is -2.36. The smallest absolute Gasteiger partial charge is 0.338 e. The summed E-state index contributed by atoms with van der Waals surface area (Å²) >= 11 is 0. The van der Waals surface area contributed by atoms with Gasteiger partial charge in [-0.05, 0) is 48.2 Å². The van der Waals surface area contributed by atoms with Crippen LogP contribution < -0.4 is 4.74 Å². The number of esters is 1. The molecule has 3 rings (SSSR count). The van der Waals surface area contributed by atoms with Crippen molar-refractivity contribution in [3.05, 3.63) is 65.2 Å². The average molecular weight is 383 g/mol. The van der Waals surface area contributed by atoms with Crippen molar-refractivity contribution in [2.24, 2.45) is 0 Å². The second kappa shape index (κ2) is 9.37. The number of benzene rings is 2. The molecular formula is C22H25NO5. The molecule has 0 atom stereocenters. The Morgan fingerprint density at radius 1 is 0.964 bits per heavy atom. The summed E-state index contributed by atoms with van der Waals surface area (Å²) in [5.74, 6) is 0.0960. The van der Waals surface area contributed by atoms with E-state index in [9.17, 15) is 9.59 Å². The van der Waals surface area contributed by atoms with Crippen molar-refractivity contribution >= 4 is 11.9 Å². The van der Waals surface area contributed by atoms with Crippen LogP contribution in [-0.4, -0.2) is 43.6 Å². The summed E-state index contributed by atoms with van der Waals surface area (Å²) in [5, 5.41) is 0. The van der Waals surface area contributed by atoms with E-state index in [-0.39, 0.29) is 18.6 Å². The molecule has 1 amide bonds. The monoisotopic (exact) mass is 383 g/mol. The molecule has 6 heteroatoms. The van der Waals surface area contributed by atoms with Crippen molar-refractivity contribution in [3.63, 3.8) is 0 Å². The van der Waals surface area contributed by atoms with Crippen molar-refractivity contribution in [3.8, 4) is 5.75 Å². The fourth-order valence-corrected chi connectivity index (χ4v) is 2.93. The van der Waals surface area contributed by atoms with Gasteiger partial charge in [0.05, 0.1) is 19.3 Å². The summed E-state index contributed by atoms with van der Waals surface area (Å²) < 4.78 is 15.5. The number of ether oxygens (including phenoxy) is 3. The van der Waals surface area contributed by atoms with Gasteiger partial charge < -0.3 is 19.1 Å². The van der Waals surface area contributed by atoms with Crippen LogP contribution in [0.25, 0.3) is 0 Å². The Morgan fingerprint density at radius 2 is 1.61 bits per heavy atom. The van der Waals surface area contributed by atoms with Gasteiger partial charge in [0.1, 0.15) is 5.75 Å². The maximum Gasteiger partial charge on any atom is 0.338 e. The molecule has 1 saturated carbocycles. The lowest BCUT2D eigenvalue weighted by Gasteiger charge is -2.22. The van der Waals surface area contributed by atoms with Crippen molar-refractivity contribution in [1.82, 2.24) is 4.90 Å². The molecule has 0 radical (unpaired) electrons. The van der Waals surface area contributed by atoms with Crippen molar-refractivity contribution in [1.29, 1.82) is 0 Å². The van der Waals surface area contributed by atoms with Gasteiger partial charge in [-0.2, -0.15) is 0 Å². The highest BCUT2D eigenvalue weighted by Crippen LogP contribution is 2.29. The number of carbonyl (C=O) groups is 2. The van der Waals surface area contributed by atoms with Crippen LogP contribution in [0.5, 0.6) is 5.75 Å². The van der Waals surface area contributed by atoms with Crippen LogP contribution in [0.4, 0.5) is 0 Å². The van der Waals surface area contributed by atoms with E-state index >= 15 is 0 Å². The predicted octanol–water partition coefficient (Wildman–Crippen LogP) is 3.19. The highest BCUT2D eigenvalue weighted by atomic mass is 16.5. The molecule has 6 nitrogen and oxygen atoms in total. The van der Waals surface area contributed by atoms with E-state index in [0.29, 0.717) is 18.7 Å². The number of rotatable bonds is 9. The van der Waals surface area contributed by atoms with E-state index in [1.165, 1.54) is 0 Å². The van der Waals surface area contributed by atoms with Crippen molar-refractivity contribution in [2.75, 3.05) is 20.8 Å². The lowest BCUT2D eigenvalue weighted by molar-refractivity contribution is -0.135. The SMILES string of the molecule is COCc1ccc(C(=O)OCC(=O)N(Cc2ccc(OC)cc2)C2CC2)cc1. The molecule has 0 heterocycles. The number of methoxy groups -OCH3 is 2. The zero-order chi connectivity index (χ0) is 19.9. The van der Waals surface area contributed by atoms with Crippen LogP contribution in [0, 0.1) is 0 Å². The summed E-state index contributed by atoms with van der Waals surface area (Å²) in [7, 11) is 3.24.